The van der Waals surface area contributed by atoms with E-state index in [1.165, 1.54) is 0 Å². The van der Waals surface area contributed by atoms with Gasteiger partial charge in [0.15, 0.2) is 0 Å². The van der Waals surface area contributed by atoms with Crippen molar-refractivity contribution in [2.24, 2.45) is 11.8 Å². The van der Waals surface area contributed by atoms with Gasteiger partial charge in [-0.3, -0.25) is 14.4 Å². The van der Waals surface area contributed by atoms with Gasteiger partial charge in [0.2, 0.25) is 17.7 Å². The van der Waals surface area contributed by atoms with E-state index in [4.69, 9.17) is 14.2 Å². The number of fused-ring (bicyclic) bond motifs is 1. The second-order valence-electron chi connectivity index (χ2n) is 10.5. The second-order valence-corrected chi connectivity index (χ2v) is 10.5. The lowest BCUT2D eigenvalue weighted by Gasteiger charge is -2.33. The number of hydrogen-bond acceptors (Lipinski definition) is 7. The second kappa shape index (κ2) is 11.9. The summed E-state index contributed by atoms with van der Waals surface area (Å²) in [6.45, 7) is 2.86. The number of carbonyl (C=O) groups is 3. The number of carbonyl (C=O) groups excluding carboxylic acids is 3. The third-order valence-electron chi connectivity index (χ3n) is 8.20. The topological polar surface area (TPSA) is 126 Å². The minimum absolute atomic E-state index is 0.0699. The van der Waals surface area contributed by atoms with Gasteiger partial charge in [0.25, 0.3) is 0 Å². The van der Waals surface area contributed by atoms with Gasteiger partial charge in [0, 0.05) is 24.5 Å². The van der Waals surface area contributed by atoms with Gasteiger partial charge in [-0.2, -0.15) is 0 Å². The first-order chi connectivity index (χ1) is 19.4. The summed E-state index contributed by atoms with van der Waals surface area (Å²) < 4.78 is 17.2. The lowest BCUT2D eigenvalue weighted by molar-refractivity contribution is -0.139. The molecule has 3 N–H and O–H groups in total. The van der Waals surface area contributed by atoms with Crippen LogP contribution >= 0.6 is 0 Å². The first-order valence-electron chi connectivity index (χ1n) is 14.0. The van der Waals surface area contributed by atoms with Crippen molar-refractivity contribution in [1.82, 2.24) is 4.90 Å². The van der Waals surface area contributed by atoms with Gasteiger partial charge in [-0.25, -0.2) is 0 Å². The van der Waals surface area contributed by atoms with Crippen LogP contribution in [0.25, 0.3) is 0 Å². The van der Waals surface area contributed by atoms with Crippen LogP contribution in [0.4, 0.5) is 11.4 Å². The number of rotatable bonds is 12. The Kier molecular flexibility index (Phi) is 8.27. The van der Waals surface area contributed by atoms with E-state index in [0.717, 1.165) is 6.42 Å². The zero-order chi connectivity index (χ0) is 28.3. The molecule has 5 rings (SSSR count). The largest absolute Gasteiger partial charge is 0.497 e. The van der Waals surface area contributed by atoms with Crippen molar-refractivity contribution >= 4 is 29.1 Å². The van der Waals surface area contributed by atoms with E-state index in [1.54, 1.807) is 60.5 Å². The molecule has 3 amide bonds. The summed E-state index contributed by atoms with van der Waals surface area (Å²) in [4.78, 5) is 43.0. The predicted octanol–water partition coefficient (Wildman–Crippen LogP) is 3.21. The van der Waals surface area contributed by atoms with Crippen molar-refractivity contribution in [3.8, 4) is 11.5 Å². The molecule has 10 nitrogen and oxygen atoms in total. The quantitative estimate of drug-likeness (QED) is 0.346. The molecule has 2 aromatic carbocycles. The highest BCUT2D eigenvalue weighted by atomic mass is 16.5. The number of benzene rings is 2. The van der Waals surface area contributed by atoms with E-state index < -0.39 is 29.6 Å². The van der Waals surface area contributed by atoms with Crippen LogP contribution in [0, 0.1) is 11.8 Å². The molecule has 3 fully saturated rings. The summed E-state index contributed by atoms with van der Waals surface area (Å²) in [5, 5.41) is 15.1. The Bertz CT molecular complexity index is 1220. The number of nitrogens with zero attached hydrogens (tertiary/aromatic N) is 1. The molecule has 5 atom stereocenters. The normalized spacial score (nSPS) is 26.5. The first-order valence-corrected chi connectivity index (χ1v) is 14.0. The highest BCUT2D eigenvalue weighted by Crippen LogP contribution is 2.58. The zero-order valence-electron chi connectivity index (χ0n) is 22.9. The summed E-state index contributed by atoms with van der Waals surface area (Å²) in [6, 6.07) is 13.2. The van der Waals surface area contributed by atoms with Crippen molar-refractivity contribution in [3.63, 3.8) is 0 Å². The molecule has 0 radical (unpaired) electrons. The van der Waals surface area contributed by atoms with Crippen LogP contribution in [0.15, 0.2) is 48.5 Å². The molecule has 3 aliphatic rings. The molecule has 10 heteroatoms. The van der Waals surface area contributed by atoms with Crippen LogP contribution in [0.1, 0.15) is 39.0 Å². The molecule has 3 saturated heterocycles. The SMILES string of the molecule is CCOc1ccc(NC(=O)[C@@H]2[C@H]3C(=O)N(CCCCCO)C(C(=O)Nc4ccc(OC)cc4)C34CC[C@H]2O4)cc1. The van der Waals surface area contributed by atoms with Crippen LogP contribution in [-0.4, -0.2) is 72.3 Å². The number of ether oxygens (including phenoxy) is 3. The molecule has 3 aliphatic heterocycles. The number of amides is 3. The maximum absolute atomic E-state index is 14.0. The average molecular weight is 552 g/mol. The Hall–Kier alpha value is -3.63. The molecule has 2 unspecified atom stereocenters. The fourth-order valence-corrected chi connectivity index (χ4v) is 6.48. The summed E-state index contributed by atoms with van der Waals surface area (Å²) in [5.41, 5.74) is 0.108. The minimum atomic E-state index is -1.07. The van der Waals surface area contributed by atoms with Crippen molar-refractivity contribution in [1.29, 1.82) is 0 Å². The van der Waals surface area contributed by atoms with Gasteiger partial charge in [-0.05, 0) is 87.6 Å². The first kappa shape index (κ1) is 27.9. The van der Waals surface area contributed by atoms with E-state index in [2.05, 4.69) is 10.6 Å². The number of aliphatic hydroxyl groups is 1. The lowest BCUT2D eigenvalue weighted by atomic mass is 9.70. The van der Waals surface area contributed by atoms with Crippen LogP contribution in [0.3, 0.4) is 0 Å². The lowest BCUT2D eigenvalue weighted by Crippen LogP contribution is -2.53. The van der Waals surface area contributed by atoms with Gasteiger partial charge >= 0.3 is 0 Å². The van der Waals surface area contributed by atoms with E-state index in [0.29, 0.717) is 61.7 Å². The fraction of sp³-hybridized carbons (Fsp3) is 0.500. The Morgan fingerprint density at radius 3 is 2.27 bits per heavy atom. The maximum Gasteiger partial charge on any atom is 0.250 e. The highest BCUT2D eigenvalue weighted by Gasteiger charge is 2.74. The molecule has 1 spiro atoms. The van der Waals surface area contributed by atoms with Crippen LogP contribution in [0.5, 0.6) is 11.5 Å². The van der Waals surface area contributed by atoms with E-state index in [1.807, 2.05) is 6.92 Å². The summed E-state index contributed by atoms with van der Waals surface area (Å²) >= 11 is 0. The predicted molar refractivity (Wildman–Crippen MR) is 148 cm³/mol. The van der Waals surface area contributed by atoms with Gasteiger partial charge in [-0.15, -0.1) is 0 Å². The van der Waals surface area contributed by atoms with E-state index in [9.17, 15) is 19.5 Å². The van der Waals surface area contributed by atoms with Crippen molar-refractivity contribution in [2.45, 2.75) is 56.8 Å². The minimum Gasteiger partial charge on any atom is -0.497 e. The number of unbranched alkanes of at least 4 members (excludes halogenated alkanes) is 2. The molecular weight excluding hydrogens is 514 g/mol. The summed E-state index contributed by atoms with van der Waals surface area (Å²) in [7, 11) is 1.57. The van der Waals surface area contributed by atoms with Gasteiger partial charge in [0.1, 0.15) is 23.1 Å². The molecular formula is C30H37N3O7. The third kappa shape index (κ3) is 5.13. The molecule has 3 heterocycles. The summed E-state index contributed by atoms with van der Waals surface area (Å²) in [5.74, 6) is -0.937. The number of hydrogen-bond donors (Lipinski definition) is 3. The van der Waals surface area contributed by atoms with Crippen LogP contribution in [0.2, 0.25) is 0 Å². The van der Waals surface area contributed by atoms with Gasteiger partial charge in [-0.1, -0.05) is 0 Å². The zero-order valence-corrected chi connectivity index (χ0v) is 22.9. The third-order valence-corrected chi connectivity index (χ3v) is 8.20. The van der Waals surface area contributed by atoms with E-state index >= 15 is 0 Å². The maximum atomic E-state index is 14.0. The number of anilines is 2. The Morgan fingerprint density at radius 2 is 1.65 bits per heavy atom. The molecule has 2 aromatic rings. The van der Waals surface area contributed by atoms with E-state index in [-0.39, 0.29) is 24.3 Å². The molecule has 40 heavy (non-hydrogen) atoms. The molecule has 214 valence electrons. The Labute approximate surface area is 234 Å². The van der Waals surface area contributed by atoms with Gasteiger partial charge in [0.05, 0.1) is 31.7 Å². The molecule has 2 bridgehead atoms. The van der Waals surface area contributed by atoms with Crippen molar-refractivity contribution in [3.05, 3.63) is 48.5 Å². The molecule has 0 saturated carbocycles. The Balaban J connectivity index is 1.39. The smallest absolute Gasteiger partial charge is 0.250 e. The Morgan fingerprint density at radius 1 is 1.00 bits per heavy atom. The van der Waals surface area contributed by atoms with Crippen LogP contribution in [-0.2, 0) is 19.1 Å². The number of aliphatic hydroxyl groups excluding tert-OH is 1. The van der Waals surface area contributed by atoms with Gasteiger partial charge < -0.3 is 34.9 Å². The van der Waals surface area contributed by atoms with Crippen molar-refractivity contribution < 1.29 is 33.7 Å². The molecule has 0 aliphatic carbocycles. The van der Waals surface area contributed by atoms with Crippen LogP contribution < -0.4 is 20.1 Å². The monoisotopic (exact) mass is 551 g/mol. The number of methoxy groups -OCH3 is 1. The number of likely N-dealkylation sites (tertiary alicyclic amines) is 1. The van der Waals surface area contributed by atoms with Crippen molar-refractivity contribution in [2.75, 3.05) is 37.5 Å². The average Bonchev–Trinajstić information content (AvgIpc) is 3.60. The fourth-order valence-electron chi connectivity index (χ4n) is 6.48. The summed E-state index contributed by atoms with van der Waals surface area (Å²) in [6.07, 6.45) is 2.64. The molecule has 0 aromatic heterocycles. The number of nitrogens with one attached hydrogen (secondary N) is 2. The highest BCUT2D eigenvalue weighted by molar-refractivity contribution is 6.05. The standard InChI is InChI=1S/C30H37N3O7/c1-3-39-22-13-9-19(10-14-22)31-27(35)24-23-15-16-30(40-23)25(24)29(37)33(17-5-4-6-18-34)26(30)28(36)32-20-7-11-21(38-2)12-8-20/h7-14,23-26,34H,3-6,15-18H2,1-2H3,(H,31,35)(H,32,36)/t23-,24+,25+,26?,30?/m1/s1.